The summed E-state index contributed by atoms with van der Waals surface area (Å²) in [5.74, 6) is 0. The number of hydrogen-bond donors (Lipinski definition) is 0. The van der Waals surface area contributed by atoms with E-state index < -0.39 is 0 Å². The third-order valence-corrected chi connectivity index (χ3v) is 10.3. The molecule has 6 aromatic rings. The van der Waals surface area contributed by atoms with E-state index in [1.165, 1.54) is 33.0 Å². The summed E-state index contributed by atoms with van der Waals surface area (Å²) in [6.45, 7) is 27.3. The molecule has 0 fully saturated rings. The molecule has 0 aliphatic carbocycles. The maximum absolute atomic E-state index is 2.45. The van der Waals surface area contributed by atoms with Crippen LogP contribution in [-0.2, 0) is 21.7 Å². The molecule has 0 saturated heterocycles. The van der Waals surface area contributed by atoms with Crippen molar-refractivity contribution in [2.24, 2.45) is 0 Å². The van der Waals surface area contributed by atoms with Crippen molar-refractivity contribution in [3.8, 4) is 0 Å². The fourth-order valence-electron chi connectivity index (χ4n) is 6.87. The van der Waals surface area contributed by atoms with E-state index in [9.17, 15) is 0 Å². The van der Waals surface area contributed by atoms with Crippen molar-refractivity contribution >= 4 is 44.9 Å². The Kier molecular flexibility index (Phi) is 9.68. The van der Waals surface area contributed by atoms with Crippen molar-refractivity contribution in [2.45, 2.75) is 105 Å². The van der Waals surface area contributed by atoms with E-state index in [0.29, 0.717) is 0 Å². The quantitative estimate of drug-likeness (QED) is 0.172. The van der Waals surface area contributed by atoms with Crippen LogP contribution < -0.4 is 9.80 Å². The lowest BCUT2D eigenvalue weighted by atomic mass is 9.86. The van der Waals surface area contributed by atoms with Crippen molar-refractivity contribution in [3.05, 3.63) is 156 Å². The highest BCUT2D eigenvalue weighted by atomic mass is 15.2. The molecule has 0 amide bonds. The molecule has 0 aliphatic heterocycles. The molecule has 2 nitrogen and oxygen atoms in total. The number of hydrogen-bond acceptors (Lipinski definition) is 2. The van der Waals surface area contributed by atoms with Gasteiger partial charge in [-0.2, -0.15) is 0 Å². The first-order valence-corrected chi connectivity index (χ1v) is 18.9. The van der Waals surface area contributed by atoms with Crippen LogP contribution in [-0.4, -0.2) is 0 Å². The van der Waals surface area contributed by atoms with Gasteiger partial charge < -0.3 is 9.80 Å². The summed E-state index contributed by atoms with van der Waals surface area (Å²) in [7, 11) is 0. The average Bonchev–Trinajstić information content (AvgIpc) is 3.08. The highest BCUT2D eigenvalue weighted by molar-refractivity contribution is 6.00. The molecular formula is C50H58N2. The Bertz CT molecular complexity index is 1850. The van der Waals surface area contributed by atoms with Crippen LogP contribution in [0.1, 0.15) is 105 Å². The van der Waals surface area contributed by atoms with Gasteiger partial charge in [0.05, 0.1) is 11.4 Å². The maximum Gasteiger partial charge on any atom is 0.0708 e. The maximum atomic E-state index is 2.45. The molecule has 0 saturated carbocycles. The van der Waals surface area contributed by atoms with E-state index in [1.807, 2.05) is 0 Å². The second-order valence-corrected chi connectivity index (χ2v) is 18.5. The molecule has 0 N–H and O–H groups in total. The van der Waals surface area contributed by atoms with E-state index in [1.54, 1.807) is 0 Å². The van der Waals surface area contributed by atoms with Crippen LogP contribution in [0.4, 0.5) is 34.1 Å². The lowest BCUT2D eigenvalue weighted by Gasteiger charge is -2.34. The van der Waals surface area contributed by atoms with E-state index >= 15 is 0 Å². The summed E-state index contributed by atoms with van der Waals surface area (Å²) in [5.41, 5.74) is 12.2. The first-order chi connectivity index (χ1) is 24.3. The Labute approximate surface area is 314 Å². The fourth-order valence-corrected chi connectivity index (χ4v) is 6.87. The third-order valence-electron chi connectivity index (χ3n) is 10.3. The van der Waals surface area contributed by atoms with Crippen LogP contribution in [0.15, 0.2) is 133 Å². The van der Waals surface area contributed by atoms with Gasteiger partial charge in [0.1, 0.15) is 0 Å². The summed E-state index contributed by atoms with van der Waals surface area (Å²) >= 11 is 0. The minimum atomic E-state index is 0.0566. The number of nitrogens with zero attached hydrogens (tertiary/aromatic N) is 2. The van der Waals surface area contributed by atoms with E-state index in [0.717, 1.165) is 34.1 Å². The molecule has 0 heterocycles. The summed E-state index contributed by atoms with van der Waals surface area (Å²) in [5, 5.41) is 2.41. The van der Waals surface area contributed by atoms with Gasteiger partial charge in [0.15, 0.2) is 0 Å². The average molecular weight is 687 g/mol. The molecule has 2 heteroatoms. The van der Waals surface area contributed by atoms with Crippen molar-refractivity contribution in [2.75, 3.05) is 9.80 Å². The SMILES string of the molecule is CC(C)(C)c1ccc(N(c2ccc(C(C)(C)C)cc2)c2cc3ccccc3cc2N(c2ccc(C(C)(C)C)cc2)c2ccc(C(C)(C)C)cc2)cc1. The Morgan fingerprint density at radius 3 is 0.692 bits per heavy atom. The zero-order valence-electron chi connectivity index (χ0n) is 33.6. The predicted molar refractivity (Wildman–Crippen MR) is 228 cm³/mol. The monoisotopic (exact) mass is 686 g/mol. The molecule has 6 rings (SSSR count). The smallest absolute Gasteiger partial charge is 0.0708 e. The number of fused-ring (bicyclic) bond motifs is 1. The normalized spacial score (nSPS) is 12.6. The Balaban J connectivity index is 1.66. The zero-order chi connectivity index (χ0) is 37.6. The molecule has 0 bridgehead atoms. The second-order valence-electron chi connectivity index (χ2n) is 18.5. The molecule has 0 aliphatic rings. The number of anilines is 6. The molecule has 52 heavy (non-hydrogen) atoms. The number of benzene rings is 6. The molecule has 0 radical (unpaired) electrons. The van der Waals surface area contributed by atoms with Gasteiger partial charge in [-0.25, -0.2) is 0 Å². The third kappa shape index (κ3) is 7.82. The highest BCUT2D eigenvalue weighted by Crippen LogP contribution is 2.48. The summed E-state index contributed by atoms with van der Waals surface area (Å²) in [6, 6.07) is 50.1. The lowest BCUT2D eigenvalue weighted by molar-refractivity contribution is 0.590. The van der Waals surface area contributed by atoms with Gasteiger partial charge in [0, 0.05) is 22.7 Å². The van der Waals surface area contributed by atoms with Crippen molar-refractivity contribution in [1.29, 1.82) is 0 Å². The van der Waals surface area contributed by atoms with Gasteiger partial charge in [-0.05, 0) is 115 Å². The van der Waals surface area contributed by atoms with Crippen LogP contribution >= 0.6 is 0 Å². The number of rotatable bonds is 6. The van der Waals surface area contributed by atoms with Gasteiger partial charge in [0.25, 0.3) is 0 Å². The van der Waals surface area contributed by atoms with Crippen LogP contribution in [0.2, 0.25) is 0 Å². The van der Waals surface area contributed by atoms with Crippen LogP contribution in [0.5, 0.6) is 0 Å². The van der Waals surface area contributed by atoms with Gasteiger partial charge in [-0.15, -0.1) is 0 Å². The van der Waals surface area contributed by atoms with Crippen LogP contribution in [0.3, 0.4) is 0 Å². The second kappa shape index (κ2) is 13.6. The molecule has 0 spiro atoms. The van der Waals surface area contributed by atoms with E-state index in [4.69, 9.17) is 0 Å². The molecule has 6 aromatic carbocycles. The van der Waals surface area contributed by atoms with Crippen LogP contribution in [0, 0.1) is 0 Å². The standard InChI is InChI=1S/C50H58N2/c1-47(2,3)37-17-25-41(26-18-37)51(42-27-19-38(20-28-42)48(4,5)6)45-33-35-15-13-14-16-36(35)34-46(45)52(43-29-21-39(22-30-43)49(7,8)9)44-31-23-40(24-32-44)50(10,11)12/h13-34H,1-12H3. The topological polar surface area (TPSA) is 6.48 Å². The summed E-state index contributed by atoms with van der Waals surface area (Å²) in [6.07, 6.45) is 0. The molecule has 0 atom stereocenters. The van der Waals surface area contributed by atoms with Crippen molar-refractivity contribution in [3.63, 3.8) is 0 Å². The van der Waals surface area contributed by atoms with Gasteiger partial charge in [0.2, 0.25) is 0 Å². The first-order valence-electron chi connectivity index (χ1n) is 18.9. The minimum absolute atomic E-state index is 0.0566. The predicted octanol–water partition coefficient (Wildman–Crippen LogP) is 15.0. The Morgan fingerprint density at radius 2 is 0.500 bits per heavy atom. The van der Waals surface area contributed by atoms with Crippen molar-refractivity contribution < 1.29 is 0 Å². The lowest BCUT2D eigenvalue weighted by Crippen LogP contribution is -2.19. The molecule has 0 aromatic heterocycles. The molecule has 0 unspecified atom stereocenters. The Morgan fingerprint density at radius 1 is 0.288 bits per heavy atom. The Hall–Kier alpha value is -4.82. The van der Waals surface area contributed by atoms with Gasteiger partial charge in [-0.3, -0.25) is 0 Å². The van der Waals surface area contributed by atoms with E-state index in [2.05, 4.69) is 226 Å². The first kappa shape index (κ1) is 37.0. The van der Waals surface area contributed by atoms with Crippen molar-refractivity contribution in [1.82, 2.24) is 0 Å². The van der Waals surface area contributed by atoms with Gasteiger partial charge in [-0.1, -0.05) is 156 Å². The largest absolute Gasteiger partial charge is 0.308 e. The van der Waals surface area contributed by atoms with Gasteiger partial charge >= 0.3 is 0 Å². The van der Waals surface area contributed by atoms with E-state index in [-0.39, 0.29) is 21.7 Å². The summed E-state index contributed by atoms with van der Waals surface area (Å²) in [4.78, 5) is 4.89. The molecule has 268 valence electrons. The fraction of sp³-hybridized carbons (Fsp3) is 0.320. The zero-order valence-corrected chi connectivity index (χ0v) is 33.6. The summed E-state index contributed by atoms with van der Waals surface area (Å²) < 4.78 is 0. The van der Waals surface area contributed by atoms with Crippen LogP contribution in [0.25, 0.3) is 10.8 Å². The molecular weight excluding hydrogens is 629 g/mol. The highest BCUT2D eigenvalue weighted by Gasteiger charge is 2.26. The minimum Gasteiger partial charge on any atom is -0.308 e.